The molecule has 3 aromatic heterocycles. The zero-order valence-electron chi connectivity index (χ0n) is 33.6. The minimum Gasteiger partial charge on any atom is -0.442 e. The lowest BCUT2D eigenvalue weighted by Crippen LogP contribution is -2.21. The molecule has 0 bridgehead atoms. The topological polar surface area (TPSA) is 96.2 Å². The normalized spacial score (nSPS) is 13.9. The molecule has 1 fully saturated rings. The summed E-state index contributed by atoms with van der Waals surface area (Å²) in [6, 6.07) is 17.5. The largest absolute Gasteiger partial charge is 0.442 e. The van der Waals surface area contributed by atoms with Crippen LogP contribution in [0.1, 0.15) is 146 Å². The van der Waals surface area contributed by atoms with Crippen LogP contribution >= 0.6 is 0 Å². The fraction of sp³-hybridized carbons (Fsp3) is 0.553. The predicted octanol–water partition coefficient (Wildman–Crippen LogP) is 12.1. The van der Waals surface area contributed by atoms with E-state index in [1.165, 1.54) is 83.5 Å². The molecular weight excluding hydrogens is 685 g/mol. The van der Waals surface area contributed by atoms with Crippen LogP contribution in [0, 0.1) is 11.8 Å². The van der Waals surface area contributed by atoms with Crippen molar-refractivity contribution >= 4 is 11.8 Å². The third-order valence-electron chi connectivity index (χ3n) is 11.0. The number of hydrogen-bond donors (Lipinski definition) is 0. The number of rotatable bonds is 25. The van der Waals surface area contributed by atoms with Crippen LogP contribution in [0.5, 0.6) is 0 Å². The maximum Gasteiger partial charge on any atom is 0.307 e. The van der Waals surface area contributed by atoms with Crippen LogP contribution in [0.3, 0.4) is 0 Å². The summed E-state index contributed by atoms with van der Waals surface area (Å²) in [4.78, 5) is 35.1. The minimum absolute atomic E-state index is 0.0230. The number of carbonyl (C=O) groups excluding carboxylic acids is 2. The summed E-state index contributed by atoms with van der Waals surface area (Å²) in [6.07, 6.45) is 28.2. The Labute approximate surface area is 329 Å². The van der Waals surface area contributed by atoms with Gasteiger partial charge in [0.1, 0.15) is 5.69 Å². The zero-order valence-corrected chi connectivity index (χ0v) is 33.6. The van der Waals surface area contributed by atoms with Crippen molar-refractivity contribution in [2.24, 2.45) is 11.8 Å². The van der Waals surface area contributed by atoms with Gasteiger partial charge in [0.05, 0.1) is 11.4 Å². The summed E-state index contributed by atoms with van der Waals surface area (Å²) in [5.41, 5.74) is 5.68. The second-order valence-electron chi connectivity index (χ2n) is 15.6. The second-order valence-corrected chi connectivity index (χ2v) is 15.6. The maximum atomic E-state index is 13.2. The van der Waals surface area contributed by atoms with E-state index in [1.807, 2.05) is 67.7 Å². The molecule has 4 heterocycles. The summed E-state index contributed by atoms with van der Waals surface area (Å²) in [7, 11) is 0. The molecule has 1 saturated heterocycles. The van der Waals surface area contributed by atoms with E-state index in [2.05, 4.69) is 16.9 Å². The van der Waals surface area contributed by atoms with Crippen LogP contribution in [-0.2, 0) is 21.0 Å². The van der Waals surface area contributed by atoms with Crippen LogP contribution in [0.25, 0.3) is 33.8 Å². The maximum absolute atomic E-state index is 13.2. The number of aromatic nitrogens is 4. The Morgan fingerprint density at radius 2 is 1.40 bits per heavy atom. The van der Waals surface area contributed by atoms with E-state index in [0.717, 1.165) is 79.0 Å². The molecule has 0 amide bonds. The summed E-state index contributed by atoms with van der Waals surface area (Å²) >= 11 is 0. The van der Waals surface area contributed by atoms with Crippen molar-refractivity contribution in [3.63, 3.8) is 0 Å². The molecule has 1 aliphatic rings. The molecule has 5 rings (SSSR count). The fourth-order valence-electron chi connectivity index (χ4n) is 7.68. The Balaban J connectivity index is 1.09. The predicted molar refractivity (Wildman–Crippen MR) is 221 cm³/mol. The average molecular weight is 749 g/mol. The van der Waals surface area contributed by atoms with Gasteiger partial charge < -0.3 is 9.47 Å². The van der Waals surface area contributed by atoms with Crippen molar-refractivity contribution in [2.75, 3.05) is 13.2 Å². The Hall–Kier alpha value is -4.17. The zero-order chi connectivity index (χ0) is 38.5. The van der Waals surface area contributed by atoms with Crippen LogP contribution in [0.4, 0.5) is 0 Å². The number of benzene rings is 1. The number of pyridine rings is 2. The number of esters is 1. The highest BCUT2D eigenvalue weighted by Crippen LogP contribution is 2.32. The minimum atomic E-state index is -0.197. The van der Waals surface area contributed by atoms with Gasteiger partial charge in [0, 0.05) is 60.8 Å². The summed E-state index contributed by atoms with van der Waals surface area (Å²) in [5.74, 6) is 0.514. The molecule has 1 aromatic carbocycles. The van der Waals surface area contributed by atoms with Gasteiger partial charge in [-0.15, -0.1) is 0 Å². The molecule has 1 atom stereocenters. The van der Waals surface area contributed by atoms with Gasteiger partial charge in [0.2, 0.25) is 0 Å². The number of hydrogen-bond acceptors (Lipinski definition) is 7. The SMILES string of the molecule is CCCCCCCCCCCCCCCCCC(=O)OCn1cc(-c2ccnc(-c3ccc(C(=O)[C@@H](C)CC4CCOCC4)cc3)c2)c(-c2ccccn2)n1. The lowest BCUT2D eigenvalue weighted by atomic mass is 9.86. The number of carbonyl (C=O) groups is 2. The smallest absolute Gasteiger partial charge is 0.307 e. The van der Waals surface area contributed by atoms with Crippen LogP contribution in [0.2, 0.25) is 0 Å². The first-order chi connectivity index (χ1) is 27.0. The number of nitrogens with zero attached hydrogens (tertiary/aromatic N) is 4. The van der Waals surface area contributed by atoms with Gasteiger partial charge in [-0.3, -0.25) is 19.6 Å². The van der Waals surface area contributed by atoms with Crippen molar-refractivity contribution < 1.29 is 19.1 Å². The molecule has 0 N–H and O–H groups in total. The van der Waals surface area contributed by atoms with Gasteiger partial charge in [-0.25, -0.2) is 4.68 Å². The van der Waals surface area contributed by atoms with Gasteiger partial charge in [-0.1, -0.05) is 134 Å². The van der Waals surface area contributed by atoms with E-state index in [4.69, 9.17) is 14.6 Å². The lowest BCUT2D eigenvalue weighted by molar-refractivity contribution is -0.148. The molecule has 296 valence electrons. The van der Waals surface area contributed by atoms with Crippen molar-refractivity contribution in [2.45, 2.75) is 143 Å². The van der Waals surface area contributed by atoms with E-state index >= 15 is 0 Å². The molecule has 4 aromatic rings. The highest BCUT2D eigenvalue weighted by atomic mass is 16.5. The molecule has 55 heavy (non-hydrogen) atoms. The van der Waals surface area contributed by atoms with Gasteiger partial charge in [-0.2, -0.15) is 5.10 Å². The van der Waals surface area contributed by atoms with Crippen LogP contribution in [-0.4, -0.2) is 44.7 Å². The number of Topliss-reactive ketones (excluding diaryl/α,β-unsaturated/α-hetero) is 1. The standard InChI is InChI=1S/C47H64N4O4/c1-3-4-5-6-7-8-9-10-11-12-13-14-15-16-17-21-45(52)55-36-51-35-42(46(50-51)43-20-18-19-29-48-43)41-26-30-49-44(34-41)39-22-24-40(25-23-39)47(53)37(2)33-38-27-31-54-32-28-38/h18-20,22-26,29-30,34-35,37-38H,3-17,21,27-28,31-33,36H2,1-2H3/t37-/m0/s1. The molecule has 1 aliphatic heterocycles. The molecule has 0 radical (unpaired) electrons. The monoisotopic (exact) mass is 748 g/mol. The van der Waals surface area contributed by atoms with Gasteiger partial charge in [0.25, 0.3) is 0 Å². The van der Waals surface area contributed by atoms with E-state index in [-0.39, 0.29) is 24.4 Å². The average Bonchev–Trinajstić information content (AvgIpc) is 3.66. The van der Waals surface area contributed by atoms with Gasteiger partial charge in [-0.05, 0) is 61.4 Å². The second kappa shape index (κ2) is 23.7. The Morgan fingerprint density at radius 3 is 2.04 bits per heavy atom. The number of unbranched alkanes of at least 4 members (excludes halogenated alkanes) is 14. The molecule has 0 saturated carbocycles. The van der Waals surface area contributed by atoms with Crippen molar-refractivity contribution in [3.8, 4) is 33.8 Å². The van der Waals surface area contributed by atoms with Gasteiger partial charge in [0.15, 0.2) is 12.5 Å². The third kappa shape index (κ3) is 14.1. The molecule has 0 unspecified atom stereocenters. The van der Waals surface area contributed by atoms with E-state index in [1.54, 1.807) is 17.1 Å². The number of ether oxygens (including phenoxy) is 2. The molecule has 0 spiro atoms. The Morgan fingerprint density at radius 1 is 0.764 bits per heavy atom. The first-order valence-corrected chi connectivity index (χ1v) is 21.3. The van der Waals surface area contributed by atoms with E-state index in [9.17, 15) is 9.59 Å². The van der Waals surface area contributed by atoms with Crippen molar-refractivity contribution in [1.82, 2.24) is 19.7 Å². The lowest BCUT2D eigenvalue weighted by Gasteiger charge is -2.24. The van der Waals surface area contributed by atoms with Crippen LogP contribution < -0.4 is 0 Å². The molecule has 8 heteroatoms. The van der Waals surface area contributed by atoms with Crippen molar-refractivity contribution in [3.05, 3.63) is 78.8 Å². The summed E-state index contributed by atoms with van der Waals surface area (Å²) in [6.45, 7) is 5.94. The fourth-order valence-corrected chi connectivity index (χ4v) is 7.68. The molecular formula is C47H64N4O4. The molecule has 0 aliphatic carbocycles. The highest BCUT2D eigenvalue weighted by molar-refractivity contribution is 5.98. The first-order valence-electron chi connectivity index (χ1n) is 21.3. The quantitative estimate of drug-likeness (QED) is 0.0378. The number of ketones is 1. The van der Waals surface area contributed by atoms with Crippen LogP contribution in [0.15, 0.2) is 73.2 Å². The van der Waals surface area contributed by atoms with Crippen molar-refractivity contribution in [1.29, 1.82) is 0 Å². The Bertz CT molecular complexity index is 1700. The van der Waals surface area contributed by atoms with E-state index < -0.39 is 0 Å². The highest BCUT2D eigenvalue weighted by Gasteiger charge is 2.22. The third-order valence-corrected chi connectivity index (χ3v) is 11.0. The molecule has 8 nitrogen and oxygen atoms in total. The summed E-state index contributed by atoms with van der Waals surface area (Å²) < 4.78 is 12.8. The van der Waals surface area contributed by atoms with E-state index in [0.29, 0.717) is 18.0 Å². The Kier molecular flexibility index (Phi) is 18.1. The summed E-state index contributed by atoms with van der Waals surface area (Å²) in [5, 5.41) is 4.81. The van der Waals surface area contributed by atoms with Gasteiger partial charge >= 0.3 is 5.97 Å². The first kappa shape index (κ1) is 42.0.